The van der Waals surface area contributed by atoms with Gasteiger partial charge in [0.25, 0.3) is 0 Å². The van der Waals surface area contributed by atoms with Gasteiger partial charge in [-0.25, -0.2) is 0 Å². The van der Waals surface area contributed by atoms with E-state index in [2.05, 4.69) is 34.7 Å². The fraction of sp³-hybridized carbons (Fsp3) is 0.231. The van der Waals surface area contributed by atoms with Crippen molar-refractivity contribution in [3.05, 3.63) is 48.2 Å². The molecule has 0 saturated heterocycles. The SMILES string of the molecule is NC(c1cc(I)cc2c1OCC2)c1sccc1Cl. The highest BCUT2D eigenvalue weighted by molar-refractivity contribution is 14.1. The second kappa shape index (κ2) is 5.00. The van der Waals surface area contributed by atoms with Crippen LogP contribution in [0.25, 0.3) is 0 Å². The number of ether oxygens (including phenoxy) is 1. The van der Waals surface area contributed by atoms with Gasteiger partial charge >= 0.3 is 0 Å². The molecule has 1 atom stereocenters. The minimum absolute atomic E-state index is 0.209. The zero-order valence-electron chi connectivity index (χ0n) is 9.45. The average molecular weight is 392 g/mol. The summed E-state index contributed by atoms with van der Waals surface area (Å²) in [6.45, 7) is 0.743. The van der Waals surface area contributed by atoms with Crippen LogP contribution in [0.15, 0.2) is 23.6 Å². The van der Waals surface area contributed by atoms with E-state index in [9.17, 15) is 0 Å². The van der Waals surface area contributed by atoms with E-state index in [0.717, 1.165) is 34.2 Å². The van der Waals surface area contributed by atoms with E-state index >= 15 is 0 Å². The summed E-state index contributed by atoms with van der Waals surface area (Å²) in [4.78, 5) is 0.997. The minimum Gasteiger partial charge on any atom is -0.493 e. The molecule has 3 rings (SSSR count). The van der Waals surface area contributed by atoms with Crippen LogP contribution in [-0.4, -0.2) is 6.61 Å². The van der Waals surface area contributed by atoms with Crippen LogP contribution >= 0.6 is 45.5 Å². The minimum atomic E-state index is -0.209. The van der Waals surface area contributed by atoms with Crippen LogP contribution in [0, 0.1) is 3.57 Å². The first-order valence-electron chi connectivity index (χ1n) is 5.60. The normalized spacial score (nSPS) is 15.3. The van der Waals surface area contributed by atoms with Crippen molar-refractivity contribution in [2.24, 2.45) is 5.73 Å². The van der Waals surface area contributed by atoms with E-state index in [1.54, 1.807) is 11.3 Å². The molecule has 0 aliphatic carbocycles. The van der Waals surface area contributed by atoms with Crippen molar-refractivity contribution in [3.63, 3.8) is 0 Å². The van der Waals surface area contributed by atoms with Crippen LogP contribution in [0.3, 0.4) is 0 Å². The average Bonchev–Trinajstić information content (AvgIpc) is 2.95. The zero-order valence-corrected chi connectivity index (χ0v) is 13.2. The van der Waals surface area contributed by atoms with Crippen molar-refractivity contribution in [3.8, 4) is 5.75 Å². The summed E-state index contributed by atoms with van der Waals surface area (Å²) in [5.74, 6) is 0.951. The van der Waals surface area contributed by atoms with Crippen LogP contribution in [0.1, 0.15) is 22.0 Å². The molecule has 94 valence electrons. The van der Waals surface area contributed by atoms with Gasteiger partial charge in [-0.3, -0.25) is 0 Å². The summed E-state index contributed by atoms with van der Waals surface area (Å²) in [7, 11) is 0. The van der Waals surface area contributed by atoms with Crippen LogP contribution in [-0.2, 0) is 6.42 Å². The Morgan fingerprint density at radius 1 is 1.44 bits per heavy atom. The van der Waals surface area contributed by atoms with Crippen molar-refractivity contribution in [2.45, 2.75) is 12.5 Å². The molecular weight excluding hydrogens is 381 g/mol. The highest BCUT2D eigenvalue weighted by Gasteiger charge is 2.24. The predicted octanol–water partition coefficient (Wildman–Crippen LogP) is 3.99. The number of hydrogen-bond donors (Lipinski definition) is 1. The van der Waals surface area contributed by atoms with Crippen molar-refractivity contribution in [2.75, 3.05) is 6.61 Å². The molecular formula is C13H11ClINOS. The smallest absolute Gasteiger partial charge is 0.127 e. The number of fused-ring (bicyclic) bond motifs is 1. The van der Waals surface area contributed by atoms with Gasteiger partial charge in [-0.1, -0.05) is 11.6 Å². The van der Waals surface area contributed by atoms with Gasteiger partial charge in [0.05, 0.1) is 17.7 Å². The summed E-state index contributed by atoms with van der Waals surface area (Å²) in [6.07, 6.45) is 0.962. The van der Waals surface area contributed by atoms with Crippen LogP contribution in [0.4, 0.5) is 0 Å². The van der Waals surface area contributed by atoms with Gasteiger partial charge in [0.1, 0.15) is 5.75 Å². The second-order valence-electron chi connectivity index (χ2n) is 4.19. The van der Waals surface area contributed by atoms with E-state index in [1.807, 2.05) is 11.4 Å². The molecule has 5 heteroatoms. The molecule has 2 heterocycles. The fourth-order valence-electron chi connectivity index (χ4n) is 2.20. The molecule has 0 amide bonds. The Kier molecular flexibility index (Phi) is 3.53. The Bertz CT molecular complexity index is 599. The molecule has 2 N–H and O–H groups in total. The molecule has 2 nitrogen and oxygen atoms in total. The van der Waals surface area contributed by atoms with Crippen molar-refractivity contribution >= 4 is 45.5 Å². The van der Waals surface area contributed by atoms with Crippen LogP contribution in [0.5, 0.6) is 5.75 Å². The first-order chi connectivity index (χ1) is 8.66. The summed E-state index contributed by atoms with van der Waals surface area (Å²) in [5.41, 5.74) is 8.64. The lowest BCUT2D eigenvalue weighted by Gasteiger charge is -2.15. The van der Waals surface area contributed by atoms with Gasteiger partial charge in [-0.15, -0.1) is 11.3 Å². The summed E-state index contributed by atoms with van der Waals surface area (Å²) < 4.78 is 6.91. The number of rotatable bonds is 2. The Morgan fingerprint density at radius 2 is 2.28 bits per heavy atom. The summed E-state index contributed by atoms with van der Waals surface area (Å²) in [5, 5.41) is 2.70. The zero-order chi connectivity index (χ0) is 12.7. The van der Waals surface area contributed by atoms with Crippen LogP contribution in [0.2, 0.25) is 5.02 Å². The number of benzene rings is 1. The van der Waals surface area contributed by atoms with Gasteiger partial charge < -0.3 is 10.5 Å². The Labute approximate surface area is 128 Å². The van der Waals surface area contributed by atoms with Gasteiger partial charge in [0, 0.05) is 20.4 Å². The lowest BCUT2D eigenvalue weighted by atomic mass is 10.0. The standard InChI is InChI=1S/C13H11ClINOS/c14-10-2-4-18-13(10)11(16)9-6-8(15)5-7-1-3-17-12(7)9/h2,4-6,11H,1,3,16H2. The predicted molar refractivity (Wildman–Crippen MR) is 83.7 cm³/mol. The maximum Gasteiger partial charge on any atom is 0.127 e. The summed E-state index contributed by atoms with van der Waals surface area (Å²) >= 11 is 10.1. The number of thiophene rings is 1. The molecule has 0 saturated carbocycles. The van der Waals surface area contributed by atoms with Gasteiger partial charge in [0.2, 0.25) is 0 Å². The van der Waals surface area contributed by atoms with Crippen molar-refractivity contribution < 1.29 is 4.74 Å². The molecule has 1 aliphatic rings. The number of nitrogens with two attached hydrogens (primary N) is 1. The monoisotopic (exact) mass is 391 g/mol. The third-order valence-corrected chi connectivity index (χ3v) is 5.10. The molecule has 2 aromatic rings. The highest BCUT2D eigenvalue weighted by Crippen LogP contribution is 2.39. The Balaban J connectivity index is 2.10. The Morgan fingerprint density at radius 3 is 3.00 bits per heavy atom. The molecule has 1 aliphatic heterocycles. The first kappa shape index (κ1) is 12.7. The van der Waals surface area contributed by atoms with E-state index in [4.69, 9.17) is 22.1 Å². The lowest BCUT2D eigenvalue weighted by Crippen LogP contribution is -2.12. The Hall–Kier alpha value is -0.300. The molecule has 1 unspecified atom stereocenters. The van der Waals surface area contributed by atoms with E-state index in [1.165, 1.54) is 9.13 Å². The molecule has 0 fully saturated rings. The van der Waals surface area contributed by atoms with Gasteiger partial charge in [-0.05, 0) is 51.7 Å². The third kappa shape index (κ3) is 2.15. The van der Waals surface area contributed by atoms with E-state index < -0.39 is 0 Å². The van der Waals surface area contributed by atoms with E-state index in [-0.39, 0.29) is 6.04 Å². The maximum atomic E-state index is 6.35. The van der Waals surface area contributed by atoms with Gasteiger partial charge in [0.15, 0.2) is 0 Å². The summed E-state index contributed by atoms with van der Waals surface area (Å²) in [6, 6.07) is 5.93. The molecule has 1 aromatic carbocycles. The number of hydrogen-bond acceptors (Lipinski definition) is 3. The first-order valence-corrected chi connectivity index (χ1v) is 7.94. The van der Waals surface area contributed by atoms with E-state index in [0.29, 0.717) is 0 Å². The second-order valence-corrected chi connectivity index (χ2v) is 6.79. The molecule has 0 spiro atoms. The lowest BCUT2D eigenvalue weighted by molar-refractivity contribution is 0.352. The molecule has 0 bridgehead atoms. The topological polar surface area (TPSA) is 35.2 Å². The molecule has 18 heavy (non-hydrogen) atoms. The number of halogens is 2. The quantitative estimate of drug-likeness (QED) is 0.786. The maximum absolute atomic E-state index is 6.35. The fourth-order valence-corrected chi connectivity index (χ4v) is 4.10. The van der Waals surface area contributed by atoms with Gasteiger partial charge in [-0.2, -0.15) is 0 Å². The third-order valence-electron chi connectivity index (χ3n) is 3.04. The molecule has 0 radical (unpaired) electrons. The highest BCUT2D eigenvalue weighted by atomic mass is 127. The molecule has 1 aromatic heterocycles. The van der Waals surface area contributed by atoms with Crippen molar-refractivity contribution in [1.82, 2.24) is 0 Å². The van der Waals surface area contributed by atoms with Crippen molar-refractivity contribution in [1.29, 1.82) is 0 Å². The van der Waals surface area contributed by atoms with Crippen LogP contribution < -0.4 is 10.5 Å². The largest absolute Gasteiger partial charge is 0.493 e.